The van der Waals surface area contributed by atoms with Gasteiger partial charge in [-0.2, -0.15) is 0 Å². The molecule has 6 heteroatoms. The topological polar surface area (TPSA) is 74.1 Å². The second-order valence-electron chi connectivity index (χ2n) is 3.05. The standard InChI is InChI=1S/C7H12N2O3S/c1-8-7-9-4-5(11)3(10)2-12-6(4)13-7/h3-6,10-11H,2H2,1H3,(H,8,9)/t3-,4+,5-,6+/m0/s1. The van der Waals surface area contributed by atoms with Gasteiger partial charge < -0.3 is 20.3 Å². The molecule has 2 aliphatic heterocycles. The number of rotatable bonds is 0. The lowest BCUT2D eigenvalue weighted by atomic mass is 10.1. The van der Waals surface area contributed by atoms with Gasteiger partial charge in [0.25, 0.3) is 0 Å². The predicted octanol–water partition coefficient (Wildman–Crippen LogP) is -1.24. The number of thioether (sulfide) groups is 1. The second kappa shape index (κ2) is 3.45. The molecule has 3 N–H and O–H groups in total. The third-order valence-corrected chi connectivity index (χ3v) is 3.34. The molecule has 0 aromatic rings. The first-order chi connectivity index (χ1) is 6.22. The van der Waals surface area contributed by atoms with Crippen molar-refractivity contribution in [3.05, 3.63) is 0 Å². The maximum atomic E-state index is 9.58. The highest BCUT2D eigenvalue weighted by Crippen LogP contribution is 2.32. The molecule has 0 aliphatic carbocycles. The van der Waals surface area contributed by atoms with Crippen molar-refractivity contribution in [1.29, 1.82) is 0 Å². The van der Waals surface area contributed by atoms with Gasteiger partial charge in [0.2, 0.25) is 0 Å². The molecule has 0 radical (unpaired) electrons. The van der Waals surface area contributed by atoms with E-state index in [0.717, 1.165) is 5.17 Å². The molecule has 1 saturated heterocycles. The molecule has 0 aromatic heterocycles. The molecule has 0 amide bonds. The van der Waals surface area contributed by atoms with E-state index >= 15 is 0 Å². The van der Waals surface area contributed by atoms with Gasteiger partial charge in [0.05, 0.1) is 6.61 Å². The van der Waals surface area contributed by atoms with E-state index in [1.54, 1.807) is 7.05 Å². The molecular formula is C7H12N2O3S. The summed E-state index contributed by atoms with van der Waals surface area (Å²) in [5.41, 5.74) is -0.152. The summed E-state index contributed by atoms with van der Waals surface area (Å²) in [6, 6.07) is -0.337. The van der Waals surface area contributed by atoms with Crippen LogP contribution < -0.4 is 5.32 Å². The molecule has 5 nitrogen and oxygen atoms in total. The van der Waals surface area contributed by atoms with Crippen LogP contribution in [0.3, 0.4) is 0 Å². The summed E-state index contributed by atoms with van der Waals surface area (Å²) in [5.74, 6) is 0. The second-order valence-corrected chi connectivity index (χ2v) is 4.14. The fourth-order valence-corrected chi connectivity index (χ4v) is 2.45. The number of aliphatic imine (C=N–C) groups is 1. The van der Waals surface area contributed by atoms with Gasteiger partial charge in [-0.25, -0.2) is 0 Å². The first kappa shape index (κ1) is 9.26. The summed E-state index contributed by atoms with van der Waals surface area (Å²) in [4.78, 5) is 4.19. The fourth-order valence-electron chi connectivity index (χ4n) is 1.42. The molecule has 0 aromatic carbocycles. The number of aliphatic hydroxyl groups is 2. The van der Waals surface area contributed by atoms with Crippen molar-refractivity contribution in [3.63, 3.8) is 0 Å². The Kier molecular flexibility index (Phi) is 2.46. The molecule has 2 rings (SSSR count). The number of nitrogens with zero attached hydrogens (tertiary/aromatic N) is 1. The van der Waals surface area contributed by atoms with E-state index in [1.165, 1.54) is 11.8 Å². The quantitative estimate of drug-likeness (QED) is 0.460. The zero-order valence-electron chi connectivity index (χ0n) is 7.17. The highest BCUT2D eigenvalue weighted by molar-refractivity contribution is 8.14. The Bertz CT molecular complexity index is 236. The van der Waals surface area contributed by atoms with E-state index in [0.29, 0.717) is 0 Å². The normalized spacial score (nSPS) is 44.1. The molecule has 0 bridgehead atoms. The van der Waals surface area contributed by atoms with Gasteiger partial charge in [-0.1, -0.05) is 11.8 Å². The van der Waals surface area contributed by atoms with Crippen LogP contribution in [0.4, 0.5) is 0 Å². The maximum Gasteiger partial charge on any atom is 0.159 e. The van der Waals surface area contributed by atoms with E-state index in [1.807, 2.05) is 0 Å². The predicted molar refractivity (Wildman–Crippen MR) is 49.6 cm³/mol. The van der Waals surface area contributed by atoms with E-state index in [4.69, 9.17) is 4.74 Å². The van der Waals surface area contributed by atoms with Gasteiger partial charge in [-0.05, 0) is 0 Å². The van der Waals surface area contributed by atoms with Crippen molar-refractivity contribution in [2.45, 2.75) is 23.7 Å². The number of aliphatic hydroxyl groups excluding tert-OH is 2. The Morgan fingerprint density at radius 1 is 1.62 bits per heavy atom. The monoisotopic (exact) mass is 204 g/mol. The van der Waals surface area contributed by atoms with E-state index in [9.17, 15) is 10.2 Å². The van der Waals surface area contributed by atoms with Gasteiger partial charge in [0.1, 0.15) is 23.7 Å². The number of nitrogens with one attached hydrogen (secondary N) is 1. The van der Waals surface area contributed by atoms with Crippen LogP contribution in [0.1, 0.15) is 0 Å². The third-order valence-electron chi connectivity index (χ3n) is 2.16. The zero-order chi connectivity index (χ0) is 9.42. The van der Waals surface area contributed by atoms with E-state index in [2.05, 4.69) is 10.3 Å². The molecule has 74 valence electrons. The van der Waals surface area contributed by atoms with Crippen LogP contribution in [0.2, 0.25) is 0 Å². The molecule has 0 spiro atoms. The van der Waals surface area contributed by atoms with E-state index in [-0.39, 0.29) is 18.1 Å². The van der Waals surface area contributed by atoms with Gasteiger partial charge >= 0.3 is 0 Å². The minimum atomic E-state index is -0.818. The summed E-state index contributed by atoms with van der Waals surface area (Å²) < 4.78 is 5.32. The average molecular weight is 204 g/mol. The lowest BCUT2D eigenvalue weighted by molar-refractivity contribution is -0.105. The Morgan fingerprint density at radius 2 is 2.38 bits per heavy atom. The summed E-state index contributed by atoms with van der Waals surface area (Å²) in [6.07, 6.45) is -1.63. The molecule has 2 heterocycles. The lowest BCUT2D eigenvalue weighted by Gasteiger charge is -2.31. The van der Waals surface area contributed by atoms with Crippen LogP contribution in [-0.2, 0) is 4.74 Å². The molecular weight excluding hydrogens is 192 g/mol. The molecule has 2 aliphatic rings. The number of amidine groups is 1. The van der Waals surface area contributed by atoms with Crippen LogP contribution in [-0.4, -0.2) is 52.7 Å². The molecule has 0 unspecified atom stereocenters. The molecule has 0 saturated carbocycles. The van der Waals surface area contributed by atoms with Crippen molar-refractivity contribution >= 4 is 16.9 Å². The van der Waals surface area contributed by atoms with Crippen molar-refractivity contribution in [1.82, 2.24) is 5.32 Å². The number of hydrogen-bond acceptors (Lipinski definition) is 6. The first-order valence-corrected chi connectivity index (χ1v) is 5.00. The summed E-state index contributed by atoms with van der Waals surface area (Å²) in [5, 5.41) is 22.5. The summed E-state index contributed by atoms with van der Waals surface area (Å²) in [6.45, 7) is 0.182. The minimum Gasteiger partial charge on any atom is -0.388 e. The van der Waals surface area contributed by atoms with Crippen LogP contribution in [0.15, 0.2) is 4.99 Å². The van der Waals surface area contributed by atoms with E-state index < -0.39 is 12.2 Å². The molecule has 1 fully saturated rings. The SMILES string of the molecule is CNC1=N[C@@H]2[C@@H](O)[C@@H](O)CO[C@@H]2S1. The maximum absolute atomic E-state index is 9.58. The van der Waals surface area contributed by atoms with Crippen molar-refractivity contribution in [2.24, 2.45) is 4.99 Å². The van der Waals surface area contributed by atoms with Crippen LogP contribution in [0.25, 0.3) is 0 Å². The Hall–Kier alpha value is -0.300. The van der Waals surface area contributed by atoms with Crippen LogP contribution >= 0.6 is 11.8 Å². The highest BCUT2D eigenvalue weighted by atomic mass is 32.2. The first-order valence-electron chi connectivity index (χ1n) is 4.12. The van der Waals surface area contributed by atoms with Gasteiger partial charge in [-0.3, -0.25) is 4.99 Å². The number of ether oxygens (including phenoxy) is 1. The minimum absolute atomic E-state index is 0.152. The van der Waals surface area contributed by atoms with Gasteiger partial charge in [-0.15, -0.1) is 0 Å². The summed E-state index contributed by atoms with van der Waals surface area (Å²) in [7, 11) is 1.77. The van der Waals surface area contributed by atoms with Gasteiger partial charge in [0, 0.05) is 7.05 Å². The number of hydrogen-bond donors (Lipinski definition) is 3. The van der Waals surface area contributed by atoms with Crippen molar-refractivity contribution in [3.8, 4) is 0 Å². The summed E-state index contributed by atoms with van der Waals surface area (Å²) >= 11 is 1.45. The van der Waals surface area contributed by atoms with Crippen molar-refractivity contribution in [2.75, 3.05) is 13.7 Å². The van der Waals surface area contributed by atoms with Crippen LogP contribution in [0.5, 0.6) is 0 Å². The largest absolute Gasteiger partial charge is 0.388 e. The molecule has 4 atom stereocenters. The van der Waals surface area contributed by atoms with Gasteiger partial charge in [0.15, 0.2) is 5.17 Å². The third kappa shape index (κ3) is 1.54. The average Bonchev–Trinajstić information content (AvgIpc) is 2.55. The number of fused-ring (bicyclic) bond motifs is 1. The Morgan fingerprint density at radius 3 is 3.08 bits per heavy atom. The van der Waals surface area contributed by atoms with Crippen molar-refractivity contribution < 1.29 is 14.9 Å². The zero-order valence-corrected chi connectivity index (χ0v) is 7.99. The lowest BCUT2D eigenvalue weighted by Crippen LogP contribution is -2.49. The smallest absolute Gasteiger partial charge is 0.159 e. The molecule has 13 heavy (non-hydrogen) atoms. The Balaban J connectivity index is 2.11. The fraction of sp³-hybridized carbons (Fsp3) is 0.857. The van der Waals surface area contributed by atoms with Crippen LogP contribution in [0, 0.1) is 0 Å². The highest BCUT2D eigenvalue weighted by Gasteiger charge is 2.43. The Labute approximate surface area is 80.2 Å².